The lowest BCUT2D eigenvalue weighted by atomic mass is 9.42. The van der Waals surface area contributed by atoms with E-state index in [0.29, 0.717) is 11.7 Å². The fraction of sp³-hybridized carbons (Fsp3) is 0.520. The molecule has 28 heavy (non-hydrogen) atoms. The minimum absolute atomic E-state index is 0.0667. The Hall–Kier alpha value is -1.74. The van der Waals surface area contributed by atoms with Crippen molar-refractivity contribution in [1.29, 1.82) is 0 Å². The van der Waals surface area contributed by atoms with Crippen molar-refractivity contribution in [3.8, 4) is 0 Å². The van der Waals surface area contributed by atoms with Crippen molar-refractivity contribution in [2.24, 2.45) is 17.3 Å². The third-order valence-corrected chi connectivity index (χ3v) is 8.19. The fourth-order valence-electron chi connectivity index (χ4n) is 6.82. The van der Waals surface area contributed by atoms with E-state index in [0.717, 1.165) is 50.5 Å². The number of allylic oxidation sites excluding steroid dienone is 4. The lowest BCUT2D eigenvalue weighted by molar-refractivity contribution is 0.145. The maximum Gasteiger partial charge on any atom is 0.114 e. The van der Waals surface area contributed by atoms with Crippen molar-refractivity contribution in [2.45, 2.75) is 63.3 Å². The van der Waals surface area contributed by atoms with E-state index in [-0.39, 0.29) is 22.8 Å². The van der Waals surface area contributed by atoms with Gasteiger partial charge in [0.25, 0.3) is 0 Å². The average Bonchev–Trinajstić information content (AvgIpc) is 3.01. The van der Waals surface area contributed by atoms with Crippen LogP contribution in [0.25, 0.3) is 0 Å². The summed E-state index contributed by atoms with van der Waals surface area (Å²) in [6.45, 7) is 2.06. The van der Waals surface area contributed by atoms with Gasteiger partial charge in [0.15, 0.2) is 0 Å². The van der Waals surface area contributed by atoms with Crippen LogP contribution in [-0.4, -0.2) is 24.2 Å². The van der Waals surface area contributed by atoms with Gasteiger partial charge < -0.3 is 10.2 Å². The maximum absolute atomic E-state index is 10.7. The Balaban J connectivity index is 1.57. The molecule has 2 fully saturated rings. The number of benzene rings is 1. The number of rotatable bonds is 2. The van der Waals surface area contributed by atoms with Crippen molar-refractivity contribution in [2.75, 3.05) is 0 Å². The smallest absolute Gasteiger partial charge is 0.114 e. The molecule has 0 spiro atoms. The summed E-state index contributed by atoms with van der Waals surface area (Å²) in [4.78, 5) is 0. The van der Waals surface area contributed by atoms with E-state index in [1.807, 2.05) is 6.08 Å². The van der Waals surface area contributed by atoms with Crippen LogP contribution in [-0.2, 0) is 6.42 Å². The lowest BCUT2D eigenvalue weighted by Gasteiger charge is -2.55. The summed E-state index contributed by atoms with van der Waals surface area (Å²) in [7, 11) is 7.19. The molecule has 3 heteroatoms. The van der Waals surface area contributed by atoms with Gasteiger partial charge >= 0.3 is 0 Å². The first-order chi connectivity index (χ1) is 13.4. The normalized spacial score (nSPS) is 39.6. The molecular formula is C25H29BO2. The minimum Gasteiger partial charge on any atom is -0.508 e. The molecule has 2 radical (unpaired) electrons. The van der Waals surface area contributed by atoms with Gasteiger partial charge in [-0.25, -0.2) is 0 Å². The van der Waals surface area contributed by atoms with Gasteiger partial charge in [-0.2, -0.15) is 0 Å². The van der Waals surface area contributed by atoms with E-state index < -0.39 is 0 Å². The number of hydrogen-bond acceptors (Lipinski definition) is 2. The lowest BCUT2D eigenvalue weighted by Crippen LogP contribution is -2.43. The molecule has 2 nitrogen and oxygen atoms in total. The molecule has 1 aromatic rings. The topological polar surface area (TPSA) is 40.5 Å². The van der Waals surface area contributed by atoms with Gasteiger partial charge in [0, 0.05) is 0 Å². The van der Waals surface area contributed by atoms with E-state index in [4.69, 9.17) is 7.85 Å². The molecule has 2 saturated carbocycles. The first-order valence-corrected chi connectivity index (χ1v) is 10.7. The first-order valence-electron chi connectivity index (χ1n) is 10.7. The second kappa shape index (κ2) is 6.39. The van der Waals surface area contributed by atoms with E-state index in [2.05, 4.69) is 43.3 Å². The van der Waals surface area contributed by atoms with Gasteiger partial charge in [-0.1, -0.05) is 54.0 Å². The van der Waals surface area contributed by atoms with Gasteiger partial charge in [-0.3, -0.25) is 0 Å². The van der Waals surface area contributed by atoms with Crippen molar-refractivity contribution < 1.29 is 10.2 Å². The van der Waals surface area contributed by atoms with Crippen LogP contribution < -0.4 is 0 Å². The average molecular weight is 372 g/mol. The summed E-state index contributed by atoms with van der Waals surface area (Å²) in [5, 5.41) is 20.5. The van der Waals surface area contributed by atoms with E-state index in [1.165, 1.54) is 16.7 Å². The van der Waals surface area contributed by atoms with Crippen LogP contribution in [0.1, 0.15) is 51.0 Å². The predicted octanol–water partition coefficient (Wildman–Crippen LogP) is 5.22. The Bertz CT molecular complexity index is 883. The van der Waals surface area contributed by atoms with E-state index in [9.17, 15) is 10.2 Å². The molecule has 2 N–H and O–H groups in total. The zero-order valence-corrected chi connectivity index (χ0v) is 16.7. The van der Waals surface area contributed by atoms with E-state index >= 15 is 0 Å². The Morgan fingerprint density at radius 1 is 1.14 bits per heavy atom. The molecule has 0 saturated heterocycles. The molecule has 0 bridgehead atoms. The molecular weight excluding hydrogens is 343 g/mol. The van der Waals surface area contributed by atoms with Crippen LogP contribution in [0.4, 0.5) is 0 Å². The van der Waals surface area contributed by atoms with Crippen LogP contribution in [0, 0.1) is 17.3 Å². The van der Waals surface area contributed by atoms with Gasteiger partial charge in [0.05, 0.1) is 14.0 Å². The van der Waals surface area contributed by atoms with E-state index in [1.54, 1.807) is 0 Å². The van der Waals surface area contributed by atoms with Gasteiger partial charge in [0.2, 0.25) is 0 Å². The molecule has 0 amide bonds. The number of aliphatic hydroxyl groups is 2. The second-order valence-corrected chi connectivity index (χ2v) is 9.60. The molecule has 4 aliphatic rings. The van der Waals surface area contributed by atoms with Gasteiger partial charge in [0.1, 0.15) is 5.76 Å². The van der Waals surface area contributed by atoms with Gasteiger partial charge in [-0.15, -0.1) is 0 Å². The number of fused-ring (bicyclic) bond motifs is 4. The first kappa shape index (κ1) is 18.3. The highest BCUT2D eigenvalue weighted by Crippen LogP contribution is 2.67. The molecule has 0 aromatic heterocycles. The third kappa shape index (κ3) is 2.59. The zero-order valence-electron chi connectivity index (χ0n) is 16.7. The summed E-state index contributed by atoms with van der Waals surface area (Å²) >= 11 is 0. The largest absolute Gasteiger partial charge is 0.508 e. The van der Waals surface area contributed by atoms with Crippen molar-refractivity contribution in [3.05, 3.63) is 70.5 Å². The Morgan fingerprint density at radius 3 is 2.71 bits per heavy atom. The summed E-state index contributed by atoms with van der Waals surface area (Å²) in [5.41, 5.74) is 5.40. The highest BCUT2D eigenvalue weighted by molar-refractivity contribution is 6.18. The van der Waals surface area contributed by atoms with Crippen LogP contribution in [0.5, 0.6) is 0 Å². The van der Waals surface area contributed by atoms with Crippen molar-refractivity contribution in [1.82, 2.24) is 0 Å². The zero-order chi connectivity index (χ0) is 19.5. The van der Waals surface area contributed by atoms with Crippen LogP contribution in [0.15, 0.2) is 65.0 Å². The van der Waals surface area contributed by atoms with Crippen molar-refractivity contribution in [3.63, 3.8) is 0 Å². The Morgan fingerprint density at radius 2 is 1.93 bits per heavy atom. The molecule has 5 atom stereocenters. The summed E-state index contributed by atoms with van der Waals surface area (Å²) < 4.78 is 0. The fourth-order valence-corrected chi connectivity index (χ4v) is 6.82. The SMILES string of the molecule is [B][C@]12CCC3(Cc4ccccc4)C[C@H](O)CC3=C1CCC1C(C)=C(O)C=CC12. The Labute approximate surface area is 169 Å². The highest BCUT2D eigenvalue weighted by atomic mass is 16.3. The number of hydrogen-bond donors (Lipinski definition) is 2. The molecule has 5 rings (SSSR count). The second-order valence-electron chi connectivity index (χ2n) is 9.60. The molecule has 144 valence electrons. The third-order valence-electron chi connectivity index (χ3n) is 8.19. The molecule has 4 aliphatic carbocycles. The monoisotopic (exact) mass is 372 g/mol. The minimum atomic E-state index is -0.332. The van der Waals surface area contributed by atoms with Crippen molar-refractivity contribution >= 4 is 7.85 Å². The Kier molecular flexibility index (Phi) is 4.17. The van der Waals surface area contributed by atoms with Crippen LogP contribution in [0.2, 0.25) is 5.31 Å². The molecule has 3 unspecified atom stereocenters. The summed E-state index contributed by atoms with van der Waals surface area (Å²) in [6, 6.07) is 10.7. The highest BCUT2D eigenvalue weighted by Gasteiger charge is 2.55. The molecule has 1 aromatic carbocycles. The maximum atomic E-state index is 10.7. The standard InChI is InChI=1S/C25H29BO2/c1-16-19-7-8-21-22-13-18(27)15-24(22,14-17-5-3-2-4-6-17)11-12-25(21,26)20(19)9-10-23(16)28/h2-6,9-10,18-20,27-28H,7-8,11-15H2,1H3/t18-,19?,20?,24?,25+/m1/s1. The summed E-state index contributed by atoms with van der Waals surface area (Å²) in [6.07, 6.45) is 10.4. The van der Waals surface area contributed by atoms with Crippen LogP contribution in [0.3, 0.4) is 0 Å². The quantitative estimate of drug-likeness (QED) is 0.552. The number of aliphatic hydroxyl groups excluding tert-OH is 2. The van der Waals surface area contributed by atoms with Crippen LogP contribution >= 0.6 is 0 Å². The molecule has 0 aliphatic heterocycles. The van der Waals surface area contributed by atoms with Gasteiger partial charge in [-0.05, 0) is 85.2 Å². The summed E-state index contributed by atoms with van der Waals surface area (Å²) in [5.74, 6) is 1.02. The predicted molar refractivity (Wildman–Crippen MR) is 113 cm³/mol. The molecule has 0 heterocycles.